The predicted octanol–water partition coefficient (Wildman–Crippen LogP) is 2.07. The van der Waals surface area contributed by atoms with Gasteiger partial charge in [0, 0.05) is 6.54 Å². The first-order valence-corrected chi connectivity index (χ1v) is 7.80. The smallest absolute Gasteiger partial charge is 0.326 e. The van der Waals surface area contributed by atoms with Gasteiger partial charge < -0.3 is 19.5 Å². The Balaban J connectivity index is 1.94. The number of carboxylic acids is 1. The van der Waals surface area contributed by atoms with Crippen LogP contribution >= 0.6 is 0 Å². The lowest BCUT2D eigenvalue weighted by Crippen LogP contribution is -2.51. The Morgan fingerprint density at radius 3 is 2.87 bits per heavy atom. The molecule has 23 heavy (non-hydrogen) atoms. The van der Waals surface area contributed by atoms with Crippen molar-refractivity contribution in [1.29, 1.82) is 0 Å². The minimum absolute atomic E-state index is 0.264. The third-order valence-electron chi connectivity index (χ3n) is 4.05. The van der Waals surface area contributed by atoms with Crippen molar-refractivity contribution in [3.8, 4) is 5.75 Å². The monoisotopic (exact) mass is 321 g/mol. The number of likely N-dealkylation sites (tertiary alicyclic amines) is 1. The molecule has 1 aromatic carbocycles. The van der Waals surface area contributed by atoms with E-state index in [4.69, 9.17) is 9.47 Å². The van der Waals surface area contributed by atoms with Crippen LogP contribution in [-0.2, 0) is 20.9 Å². The van der Waals surface area contributed by atoms with Gasteiger partial charge in [-0.25, -0.2) is 4.79 Å². The molecule has 0 saturated carbocycles. The molecule has 0 radical (unpaired) electrons. The Labute approximate surface area is 136 Å². The van der Waals surface area contributed by atoms with Crippen molar-refractivity contribution in [2.75, 3.05) is 13.7 Å². The van der Waals surface area contributed by atoms with E-state index in [1.54, 1.807) is 14.0 Å². The first-order chi connectivity index (χ1) is 11.0. The van der Waals surface area contributed by atoms with Crippen molar-refractivity contribution >= 4 is 11.9 Å². The van der Waals surface area contributed by atoms with Crippen LogP contribution in [0.1, 0.15) is 31.7 Å². The second kappa shape index (κ2) is 7.97. The maximum Gasteiger partial charge on any atom is 0.326 e. The highest BCUT2D eigenvalue weighted by Gasteiger charge is 2.34. The van der Waals surface area contributed by atoms with Crippen LogP contribution in [0, 0.1) is 0 Å². The van der Waals surface area contributed by atoms with Crippen LogP contribution in [-0.4, -0.2) is 47.7 Å². The molecule has 0 bridgehead atoms. The normalized spacial score (nSPS) is 19.2. The topological polar surface area (TPSA) is 76.1 Å². The summed E-state index contributed by atoms with van der Waals surface area (Å²) >= 11 is 0. The number of rotatable bonds is 6. The molecule has 0 spiro atoms. The summed E-state index contributed by atoms with van der Waals surface area (Å²) in [6.07, 6.45) is 1.49. The Hall–Kier alpha value is -2.08. The zero-order valence-corrected chi connectivity index (χ0v) is 13.5. The number of carbonyl (C=O) groups excluding carboxylic acids is 1. The first-order valence-electron chi connectivity index (χ1n) is 7.80. The second-order valence-electron chi connectivity index (χ2n) is 5.69. The van der Waals surface area contributed by atoms with Gasteiger partial charge in [0.25, 0.3) is 5.91 Å². The van der Waals surface area contributed by atoms with Gasteiger partial charge in [-0.2, -0.15) is 0 Å². The van der Waals surface area contributed by atoms with Crippen molar-refractivity contribution in [3.05, 3.63) is 29.8 Å². The molecule has 2 atom stereocenters. The van der Waals surface area contributed by atoms with E-state index >= 15 is 0 Å². The summed E-state index contributed by atoms with van der Waals surface area (Å²) in [7, 11) is 1.59. The van der Waals surface area contributed by atoms with Crippen LogP contribution in [0.3, 0.4) is 0 Å². The molecule has 1 aliphatic rings. The number of amides is 1. The number of methoxy groups -OCH3 is 1. The minimum atomic E-state index is -0.946. The van der Waals surface area contributed by atoms with Crippen LogP contribution in [0.15, 0.2) is 24.3 Å². The molecule has 6 nitrogen and oxygen atoms in total. The number of aliphatic carboxylic acids is 1. The van der Waals surface area contributed by atoms with Crippen molar-refractivity contribution in [3.63, 3.8) is 0 Å². The maximum atomic E-state index is 12.5. The third kappa shape index (κ3) is 4.45. The summed E-state index contributed by atoms with van der Waals surface area (Å²) in [5, 5.41) is 9.26. The molecule has 1 amide bonds. The summed E-state index contributed by atoms with van der Waals surface area (Å²) in [4.78, 5) is 25.2. The van der Waals surface area contributed by atoms with Crippen molar-refractivity contribution in [2.24, 2.45) is 0 Å². The van der Waals surface area contributed by atoms with Gasteiger partial charge in [-0.1, -0.05) is 12.1 Å². The van der Waals surface area contributed by atoms with E-state index < -0.39 is 18.1 Å². The number of ether oxygens (including phenoxy) is 2. The molecular formula is C17H23NO5. The molecule has 1 heterocycles. The summed E-state index contributed by atoms with van der Waals surface area (Å²) in [6.45, 7) is 2.41. The molecule has 1 saturated heterocycles. The molecule has 1 aliphatic heterocycles. The summed E-state index contributed by atoms with van der Waals surface area (Å²) in [5.74, 6) is -0.481. The molecule has 2 rings (SSSR count). The molecule has 1 N–H and O–H groups in total. The number of carboxylic acid groups (broad SMARTS) is 1. The van der Waals surface area contributed by atoms with Crippen LogP contribution < -0.4 is 4.74 Å². The number of carbonyl (C=O) groups is 2. The summed E-state index contributed by atoms with van der Waals surface area (Å²) < 4.78 is 10.8. The first kappa shape index (κ1) is 17.3. The van der Waals surface area contributed by atoms with E-state index in [9.17, 15) is 14.7 Å². The Kier molecular flexibility index (Phi) is 5.98. The number of hydrogen-bond donors (Lipinski definition) is 1. The molecule has 1 fully saturated rings. The summed E-state index contributed by atoms with van der Waals surface area (Å²) in [6, 6.07) is 6.69. The van der Waals surface area contributed by atoms with Crippen LogP contribution in [0.5, 0.6) is 5.75 Å². The van der Waals surface area contributed by atoms with Crippen molar-refractivity contribution < 1.29 is 24.2 Å². The van der Waals surface area contributed by atoms with E-state index in [2.05, 4.69) is 0 Å². The highest BCUT2D eigenvalue weighted by atomic mass is 16.5. The van der Waals surface area contributed by atoms with E-state index in [1.165, 1.54) is 4.90 Å². The van der Waals surface area contributed by atoms with E-state index in [0.29, 0.717) is 13.0 Å². The molecule has 1 aromatic rings. The molecule has 126 valence electrons. The van der Waals surface area contributed by atoms with Gasteiger partial charge >= 0.3 is 5.97 Å². The van der Waals surface area contributed by atoms with E-state index in [0.717, 1.165) is 24.2 Å². The highest BCUT2D eigenvalue weighted by Crippen LogP contribution is 2.20. The van der Waals surface area contributed by atoms with Gasteiger partial charge in [-0.05, 0) is 43.9 Å². The third-order valence-corrected chi connectivity index (χ3v) is 4.05. The number of nitrogens with zero attached hydrogens (tertiary/aromatic N) is 1. The van der Waals surface area contributed by atoms with Crippen LogP contribution in [0.2, 0.25) is 0 Å². The van der Waals surface area contributed by atoms with Crippen molar-refractivity contribution in [1.82, 2.24) is 4.90 Å². The average Bonchev–Trinajstić information content (AvgIpc) is 2.59. The highest BCUT2D eigenvalue weighted by molar-refractivity contribution is 5.86. The molecular weight excluding hydrogens is 298 g/mol. The van der Waals surface area contributed by atoms with Crippen molar-refractivity contribution in [2.45, 2.75) is 44.9 Å². The molecule has 0 aromatic heterocycles. The van der Waals surface area contributed by atoms with Crippen LogP contribution in [0.4, 0.5) is 0 Å². The largest absolute Gasteiger partial charge is 0.497 e. The number of benzene rings is 1. The zero-order chi connectivity index (χ0) is 16.8. The molecule has 0 aliphatic carbocycles. The average molecular weight is 321 g/mol. The SMILES string of the molecule is COc1cccc(COC(C)C(=O)N2CCCC[C@@H]2C(=O)O)c1. The lowest BCUT2D eigenvalue weighted by molar-refractivity contribution is -0.157. The van der Waals surface area contributed by atoms with Crippen LogP contribution in [0.25, 0.3) is 0 Å². The quantitative estimate of drug-likeness (QED) is 0.868. The van der Waals surface area contributed by atoms with Gasteiger partial charge in [0.05, 0.1) is 13.7 Å². The van der Waals surface area contributed by atoms with Gasteiger partial charge in [-0.3, -0.25) is 4.79 Å². The second-order valence-corrected chi connectivity index (χ2v) is 5.69. The van der Waals surface area contributed by atoms with Gasteiger partial charge in [0.15, 0.2) is 0 Å². The Bertz CT molecular complexity index is 560. The number of piperidine rings is 1. The van der Waals surface area contributed by atoms with Gasteiger partial charge in [-0.15, -0.1) is 0 Å². The molecule has 6 heteroatoms. The number of hydrogen-bond acceptors (Lipinski definition) is 4. The lowest BCUT2D eigenvalue weighted by atomic mass is 10.0. The Morgan fingerprint density at radius 1 is 1.39 bits per heavy atom. The van der Waals surface area contributed by atoms with E-state index in [-0.39, 0.29) is 12.5 Å². The fourth-order valence-corrected chi connectivity index (χ4v) is 2.74. The maximum absolute atomic E-state index is 12.5. The minimum Gasteiger partial charge on any atom is -0.497 e. The lowest BCUT2D eigenvalue weighted by Gasteiger charge is -2.34. The van der Waals surface area contributed by atoms with Gasteiger partial charge in [0.1, 0.15) is 17.9 Å². The fraction of sp³-hybridized carbons (Fsp3) is 0.529. The fourth-order valence-electron chi connectivity index (χ4n) is 2.74. The van der Waals surface area contributed by atoms with Gasteiger partial charge in [0.2, 0.25) is 0 Å². The Morgan fingerprint density at radius 2 is 2.17 bits per heavy atom. The summed E-state index contributed by atoms with van der Waals surface area (Å²) in [5.41, 5.74) is 0.900. The standard InChI is InChI=1S/C17H23NO5/c1-12(23-11-13-6-5-7-14(10-13)22-2)16(19)18-9-4-3-8-15(18)17(20)21/h5-7,10,12,15H,3-4,8-9,11H2,1-2H3,(H,20,21)/t12?,15-/m1/s1. The molecule has 1 unspecified atom stereocenters. The zero-order valence-electron chi connectivity index (χ0n) is 13.5. The van der Waals surface area contributed by atoms with E-state index in [1.807, 2.05) is 24.3 Å². The predicted molar refractivity (Wildman–Crippen MR) is 84.2 cm³/mol.